The van der Waals surface area contributed by atoms with E-state index in [1.807, 2.05) is 6.07 Å². The van der Waals surface area contributed by atoms with Gasteiger partial charge >= 0.3 is 0 Å². The van der Waals surface area contributed by atoms with Gasteiger partial charge in [-0.05, 0) is 28.7 Å². The molecule has 3 aromatic rings. The number of hydrogen-bond acceptors (Lipinski definition) is 1. The van der Waals surface area contributed by atoms with Crippen LogP contribution in [-0.4, -0.2) is 0 Å². The summed E-state index contributed by atoms with van der Waals surface area (Å²) in [7, 11) is 0. The summed E-state index contributed by atoms with van der Waals surface area (Å²) in [5.74, 6) is 0. The Labute approximate surface area is 137 Å². The van der Waals surface area contributed by atoms with E-state index in [0.29, 0.717) is 0 Å². The maximum Gasteiger partial charge on any atom is 0.0766 e. The van der Waals surface area contributed by atoms with Gasteiger partial charge in [0, 0.05) is 5.41 Å². The Balaban J connectivity index is 2.01. The van der Waals surface area contributed by atoms with Crippen molar-refractivity contribution in [3.8, 4) is 0 Å². The number of rotatable bonds is 2. The summed E-state index contributed by atoms with van der Waals surface area (Å²) in [6.45, 7) is 2.30. The normalized spacial score (nSPS) is 26.0. The third-order valence-electron chi connectivity index (χ3n) is 5.50. The minimum Gasteiger partial charge on any atom is -0.317 e. The van der Waals surface area contributed by atoms with Gasteiger partial charge in [0.15, 0.2) is 0 Å². The van der Waals surface area contributed by atoms with Crippen LogP contribution in [0.25, 0.3) is 0 Å². The summed E-state index contributed by atoms with van der Waals surface area (Å²) in [6.07, 6.45) is 0.957. The van der Waals surface area contributed by atoms with Crippen LogP contribution in [0.2, 0.25) is 0 Å². The van der Waals surface area contributed by atoms with Gasteiger partial charge in [0.1, 0.15) is 0 Å². The quantitative estimate of drug-likeness (QED) is 0.745. The van der Waals surface area contributed by atoms with Crippen LogP contribution >= 0.6 is 0 Å². The second kappa shape index (κ2) is 5.07. The summed E-state index contributed by atoms with van der Waals surface area (Å²) in [4.78, 5) is 0. The van der Waals surface area contributed by atoms with Crippen LogP contribution < -0.4 is 5.73 Å². The van der Waals surface area contributed by atoms with Crippen molar-refractivity contribution in [2.24, 2.45) is 5.73 Å². The van der Waals surface area contributed by atoms with E-state index >= 15 is 0 Å². The fourth-order valence-corrected chi connectivity index (χ4v) is 4.19. The molecule has 0 saturated heterocycles. The van der Waals surface area contributed by atoms with Crippen molar-refractivity contribution < 1.29 is 0 Å². The molecule has 0 saturated carbocycles. The third-order valence-corrected chi connectivity index (χ3v) is 5.50. The molecule has 0 amide bonds. The molecule has 0 heterocycles. The Morgan fingerprint density at radius 2 is 1.22 bits per heavy atom. The van der Waals surface area contributed by atoms with Gasteiger partial charge in [0.05, 0.1) is 5.54 Å². The Morgan fingerprint density at radius 3 is 1.87 bits per heavy atom. The van der Waals surface area contributed by atoms with Crippen LogP contribution in [0.1, 0.15) is 29.2 Å². The molecular weight excluding hydrogens is 278 g/mol. The number of hydrogen-bond donors (Lipinski definition) is 1. The zero-order chi connectivity index (χ0) is 15.9. The Hall–Kier alpha value is -2.38. The highest BCUT2D eigenvalue weighted by Crippen LogP contribution is 2.53. The lowest BCUT2D eigenvalue weighted by Crippen LogP contribution is -2.52. The molecule has 23 heavy (non-hydrogen) atoms. The van der Waals surface area contributed by atoms with Crippen LogP contribution in [0.5, 0.6) is 0 Å². The Bertz CT molecular complexity index is 825. The minimum atomic E-state index is -0.522. The van der Waals surface area contributed by atoms with Crippen molar-refractivity contribution in [1.29, 1.82) is 0 Å². The molecular formula is C22H21N. The van der Waals surface area contributed by atoms with Gasteiger partial charge in [-0.1, -0.05) is 91.9 Å². The zero-order valence-electron chi connectivity index (χ0n) is 13.4. The molecule has 1 heteroatoms. The summed E-state index contributed by atoms with van der Waals surface area (Å²) in [6, 6.07) is 29.8. The van der Waals surface area contributed by atoms with Gasteiger partial charge in [-0.3, -0.25) is 0 Å². The van der Waals surface area contributed by atoms with Crippen molar-refractivity contribution in [3.05, 3.63) is 107 Å². The van der Waals surface area contributed by atoms with Crippen LogP contribution in [0.4, 0.5) is 0 Å². The van der Waals surface area contributed by atoms with E-state index in [-0.39, 0.29) is 5.41 Å². The van der Waals surface area contributed by atoms with E-state index in [2.05, 4.69) is 85.8 Å². The SMILES string of the molecule is C[C@]1(c2ccccc2)Cc2ccccc2[C@]1(N)c1ccccc1. The molecule has 0 radical (unpaired) electrons. The highest BCUT2D eigenvalue weighted by atomic mass is 14.8. The smallest absolute Gasteiger partial charge is 0.0766 e. The number of benzene rings is 3. The first-order chi connectivity index (χ1) is 11.2. The lowest BCUT2D eigenvalue weighted by molar-refractivity contribution is 0.315. The Kier molecular flexibility index (Phi) is 3.14. The maximum atomic E-state index is 7.20. The molecule has 0 fully saturated rings. The number of fused-ring (bicyclic) bond motifs is 1. The van der Waals surface area contributed by atoms with Gasteiger partial charge in [0.25, 0.3) is 0 Å². The molecule has 0 bridgehead atoms. The maximum absolute atomic E-state index is 7.20. The molecule has 3 aromatic carbocycles. The third kappa shape index (κ3) is 1.90. The molecule has 114 valence electrons. The minimum absolute atomic E-state index is 0.167. The molecule has 1 nitrogen and oxygen atoms in total. The Morgan fingerprint density at radius 1 is 0.696 bits per heavy atom. The first-order valence-electron chi connectivity index (χ1n) is 8.14. The predicted molar refractivity (Wildman–Crippen MR) is 95.3 cm³/mol. The van der Waals surface area contributed by atoms with E-state index in [9.17, 15) is 0 Å². The topological polar surface area (TPSA) is 26.0 Å². The van der Waals surface area contributed by atoms with Gasteiger partial charge in [-0.2, -0.15) is 0 Å². The van der Waals surface area contributed by atoms with E-state index in [1.165, 1.54) is 22.3 Å². The molecule has 1 aliphatic carbocycles. The molecule has 0 aliphatic heterocycles. The van der Waals surface area contributed by atoms with Crippen LogP contribution in [0.15, 0.2) is 84.9 Å². The average molecular weight is 299 g/mol. The predicted octanol–water partition coefficient (Wildman–Crippen LogP) is 4.40. The van der Waals surface area contributed by atoms with Gasteiger partial charge in [-0.15, -0.1) is 0 Å². The zero-order valence-corrected chi connectivity index (χ0v) is 13.4. The summed E-state index contributed by atoms with van der Waals surface area (Å²) < 4.78 is 0. The second-order valence-corrected chi connectivity index (χ2v) is 6.71. The van der Waals surface area contributed by atoms with Crippen molar-refractivity contribution in [3.63, 3.8) is 0 Å². The molecule has 0 unspecified atom stereocenters. The molecule has 0 spiro atoms. The standard InChI is InChI=1S/C22H21N/c1-21(18-11-4-2-5-12-18)16-17-10-8-9-15-20(17)22(21,23)19-13-6-3-7-14-19/h2-15H,16,23H2,1H3/t21-,22-/m1/s1. The van der Waals surface area contributed by atoms with Gasteiger partial charge in [0.2, 0.25) is 0 Å². The molecule has 2 atom stereocenters. The van der Waals surface area contributed by atoms with E-state index in [0.717, 1.165) is 6.42 Å². The first kappa shape index (κ1) is 14.2. The molecule has 4 rings (SSSR count). The van der Waals surface area contributed by atoms with Crippen LogP contribution in [0, 0.1) is 0 Å². The molecule has 2 N–H and O–H groups in total. The van der Waals surface area contributed by atoms with Crippen LogP contribution in [0.3, 0.4) is 0 Å². The monoisotopic (exact) mass is 299 g/mol. The highest BCUT2D eigenvalue weighted by molar-refractivity contribution is 5.55. The second-order valence-electron chi connectivity index (χ2n) is 6.71. The first-order valence-corrected chi connectivity index (χ1v) is 8.14. The van der Waals surface area contributed by atoms with Gasteiger partial charge < -0.3 is 5.73 Å². The highest BCUT2D eigenvalue weighted by Gasteiger charge is 2.54. The lowest BCUT2D eigenvalue weighted by atomic mass is 9.64. The molecule has 1 aliphatic rings. The fourth-order valence-electron chi connectivity index (χ4n) is 4.19. The van der Waals surface area contributed by atoms with Gasteiger partial charge in [-0.25, -0.2) is 0 Å². The van der Waals surface area contributed by atoms with Crippen molar-refractivity contribution in [1.82, 2.24) is 0 Å². The largest absolute Gasteiger partial charge is 0.317 e. The van der Waals surface area contributed by atoms with E-state index < -0.39 is 5.54 Å². The summed E-state index contributed by atoms with van der Waals surface area (Å²) in [5.41, 5.74) is 11.6. The van der Waals surface area contributed by atoms with Crippen molar-refractivity contribution in [2.75, 3.05) is 0 Å². The summed E-state index contributed by atoms with van der Waals surface area (Å²) in [5, 5.41) is 0. The summed E-state index contributed by atoms with van der Waals surface area (Å²) >= 11 is 0. The van der Waals surface area contributed by atoms with E-state index in [1.54, 1.807) is 0 Å². The van der Waals surface area contributed by atoms with Crippen molar-refractivity contribution in [2.45, 2.75) is 24.3 Å². The van der Waals surface area contributed by atoms with E-state index in [4.69, 9.17) is 5.73 Å². The average Bonchev–Trinajstić information content (AvgIpc) is 2.86. The lowest BCUT2D eigenvalue weighted by Gasteiger charge is -2.42. The van der Waals surface area contributed by atoms with Crippen molar-refractivity contribution >= 4 is 0 Å². The number of nitrogens with two attached hydrogens (primary N) is 1. The molecule has 0 aromatic heterocycles. The fraction of sp³-hybridized carbons (Fsp3) is 0.182. The van der Waals surface area contributed by atoms with Crippen LogP contribution in [-0.2, 0) is 17.4 Å².